The lowest BCUT2D eigenvalue weighted by Crippen LogP contribution is -2.54. The van der Waals surface area contributed by atoms with Crippen LogP contribution in [0.25, 0.3) is 0 Å². The van der Waals surface area contributed by atoms with Crippen molar-refractivity contribution in [3.05, 3.63) is 24.4 Å². The molecule has 1 nitrogen and oxygen atoms in total. The van der Waals surface area contributed by atoms with Crippen LogP contribution < -0.4 is 0 Å². The third-order valence-corrected chi connectivity index (χ3v) is 3.43. The first-order valence-electron chi connectivity index (χ1n) is 5.14. The summed E-state index contributed by atoms with van der Waals surface area (Å²) in [6.07, 6.45) is 2.56. The summed E-state index contributed by atoms with van der Waals surface area (Å²) < 4.78 is 0. The zero-order valence-electron chi connectivity index (χ0n) is 9.19. The Labute approximate surface area is 82.1 Å². The van der Waals surface area contributed by atoms with Gasteiger partial charge < -0.3 is 4.90 Å². The Bertz CT molecular complexity index is 215. The van der Waals surface area contributed by atoms with Gasteiger partial charge in [0.15, 0.2) is 0 Å². The smallest absolute Gasteiger partial charge is 0.0317 e. The molecule has 0 N–H and O–H groups in total. The van der Waals surface area contributed by atoms with Gasteiger partial charge in [-0.1, -0.05) is 27.0 Å². The van der Waals surface area contributed by atoms with Gasteiger partial charge in [-0.3, -0.25) is 0 Å². The number of nitrogens with zero attached hydrogens (tertiary/aromatic N) is 1. The summed E-state index contributed by atoms with van der Waals surface area (Å²) in [6, 6.07) is 0. The van der Waals surface area contributed by atoms with Crippen molar-refractivity contribution >= 4 is 0 Å². The molecule has 0 amide bonds. The monoisotopic (exact) mass is 179 g/mol. The Balaban J connectivity index is 2.49. The molecule has 0 aliphatic carbocycles. The van der Waals surface area contributed by atoms with Crippen LogP contribution in [0.3, 0.4) is 0 Å². The average Bonchev–Trinajstić information content (AvgIpc) is 2.04. The highest BCUT2D eigenvalue weighted by Gasteiger charge is 2.40. The minimum atomic E-state index is 0.568. The first-order chi connectivity index (χ1) is 6.04. The van der Waals surface area contributed by atoms with Crippen molar-refractivity contribution in [3.8, 4) is 0 Å². The molecular formula is C12H21N. The van der Waals surface area contributed by atoms with Gasteiger partial charge in [-0.15, -0.1) is 0 Å². The van der Waals surface area contributed by atoms with Gasteiger partial charge in [-0.2, -0.15) is 0 Å². The van der Waals surface area contributed by atoms with Gasteiger partial charge >= 0.3 is 0 Å². The van der Waals surface area contributed by atoms with E-state index in [0.717, 1.165) is 11.3 Å². The van der Waals surface area contributed by atoms with Crippen molar-refractivity contribution in [2.45, 2.75) is 33.6 Å². The van der Waals surface area contributed by atoms with Crippen LogP contribution in [0.4, 0.5) is 0 Å². The molecule has 1 saturated heterocycles. The summed E-state index contributed by atoms with van der Waals surface area (Å²) in [5, 5.41) is 0. The summed E-state index contributed by atoms with van der Waals surface area (Å²) in [4.78, 5) is 2.34. The Kier molecular flexibility index (Phi) is 2.84. The first kappa shape index (κ1) is 10.4. The van der Waals surface area contributed by atoms with E-state index in [0.29, 0.717) is 5.41 Å². The summed E-state index contributed by atoms with van der Waals surface area (Å²) in [5.74, 6) is 0. The summed E-state index contributed by atoms with van der Waals surface area (Å²) in [5.41, 5.74) is 2.79. The molecule has 13 heavy (non-hydrogen) atoms. The molecule has 74 valence electrons. The molecule has 1 aliphatic heterocycles. The zero-order valence-corrected chi connectivity index (χ0v) is 9.19. The second-order valence-corrected chi connectivity index (χ2v) is 4.29. The Morgan fingerprint density at radius 3 is 2.00 bits per heavy atom. The maximum atomic E-state index is 4.04. The van der Waals surface area contributed by atoms with Crippen LogP contribution in [0, 0.1) is 5.41 Å². The standard InChI is InChI=1S/C12H21N/c1-6-12(7-2)8-13(9-12)11(5)10(3)4/h3,5-9H2,1-2,4H3. The highest BCUT2D eigenvalue weighted by atomic mass is 15.2. The maximum Gasteiger partial charge on any atom is 0.0317 e. The van der Waals surface area contributed by atoms with Gasteiger partial charge in [-0.05, 0) is 25.3 Å². The van der Waals surface area contributed by atoms with Crippen molar-refractivity contribution in [1.29, 1.82) is 0 Å². The van der Waals surface area contributed by atoms with Gasteiger partial charge in [0.2, 0.25) is 0 Å². The van der Waals surface area contributed by atoms with Crippen molar-refractivity contribution in [2.24, 2.45) is 5.41 Å². The quantitative estimate of drug-likeness (QED) is 0.599. The predicted molar refractivity (Wildman–Crippen MR) is 58.5 cm³/mol. The van der Waals surface area contributed by atoms with E-state index in [1.165, 1.54) is 25.9 Å². The summed E-state index contributed by atoms with van der Waals surface area (Å²) in [6.45, 7) is 16.9. The van der Waals surface area contributed by atoms with Crippen LogP contribution >= 0.6 is 0 Å². The van der Waals surface area contributed by atoms with E-state index in [1.807, 2.05) is 6.92 Å². The van der Waals surface area contributed by atoms with Crippen LogP contribution in [-0.4, -0.2) is 18.0 Å². The van der Waals surface area contributed by atoms with E-state index >= 15 is 0 Å². The van der Waals surface area contributed by atoms with E-state index in [-0.39, 0.29) is 0 Å². The fourth-order valence-electron chi connectivity index (χ4n) is 1.92. The molecule has 1 heterocycles. The first-order valence-corrected chi connectivity index (χ1v) is 5.14. The Morgan fingerprint density at radius 1 is 1.23 bits per heavy atom. The van der Waals surface area contributed by atoms with Crippen LogP contribution in [0.5, 0.6) is 0 Å². The normalized spacial score (nSPS) is 19.5. The lowest BCUT2D eigenvalue weighted by atomic mass is 9.75. The van der Waals surface area contributed by atoms with Crippen molar-refractivity contribution in [3.63, 3.8) is 0 Å². The molecule has 0 atom stereocenters. The summed E-state index contributed by atoms with van der Waals surface area (Å²) >= 11 is 0. The number of likely N-dealkylation sites (tertiary alicyclic amines) is 1. The van der Waals surface area contributed by atoms with Gasteiger partial charge in [-0.25, -0.2) is 0 Å². The fourth-order valence-corrected chi connectivity index (χ4v) is 1.92. The molecule has 0 unspecified atom stereocenters. The van der Waals surface area contributed by atoms with E-state index < -0.39 is 0 Å². The van der Waals surface area contributed by atoms with E-state index in [2.05, 4.69) is 31.9 Å². The number of allylic oxidation sites excluding steroid dienone is 1. The molecule has 0 aromatic carbocycles. The van der Waals surface area contributed by atoms with Crippen LogP contribution in [-0.2, 0) is 0 Å². The predicted octanol–water partition coefficient (Wildman–Crippen LogP) is 3.20. The molecule has 0 bridgehead atoms. The molecule has 1 heteroatoms. The largest absolute Gasteiger partial charge is 0.371 e. The number of hydrogen-bond acceptors (Lipinski definition) is 1. The molecular weight excluding hydrogens is 158 g/mol. The molecule has 0 spiro atoms. The van der Waals surface area contributed by atoms with Gasteiger partial charge in [0.05, 0.1) is 0 Å². The van der Waals surface area contributed by atoms with Crippen molar-refractivity contribution < 1.29 is 0 Å². The second kappa shape index (κ2) is 3.57. The van der Waals surface area contributed by atoms with Gasteiger partial charge in [0.1, 0.15) is 0 Å². The minimum absolute atomic E-state index is 0.568. The summed E-state index contributed by atoms with van der Waals surface area (Å²) in [7, 11) is 0. The topological polar surface area (TPSA) is 3.24 Å². The number of rotatable bonds is 4. The maximum absolute atomic E-state index is 4.04. The molecule has 0 aromatic heterocycles. The Hall–Kier alpha value is -0.720. The molecule has 1 fully saturated rings. The van der Waals surface area contributed by atoms with Crippen molar-refractivity contribution in [2.75, 3.05) is 13.1 Å². The highest BCUT2D eigenvalue weighted by molar-refractivity contribution is 5.24. The molecule has 0 saturated carbocycles. The average molecular weight is 179 g/mol. The van der Waals surface area contributed by atoms with Crippen LogP contribution in [0.15, 0.2) is 24.4 Å². The molecule has 1 aliphatic rings. The third-order valence-electron chi connectivity index (χ3n) is 3.43. The third kappa shape index (κ3) is 1.79. The molecule has 1 rings (SSSR count). The highest BCUT2D eigenvalue weighted by Crippen LogP contribution is 2.39. The lowest BCUT2D eigenvalue weighted by molar-refractivity contribution is 0.0243. The van der Waals surface area contributed by atoms with Crippen LogP contribution in [0.2, 0.25) is 0 Å². The van der Waals surface area contributed by atoms with Gasteiger partial charge in [0, 0.05) is 24.2 Å². The van der Waals surface area contributed by atoms with E-state index in [9.17, 15) is 0 Å². The van der Waals surface area contributed by atoms with Crippen LogP contribution in [0.1, 0.15) is 33.6 Å². The van der Waals surface area contributed by atoms with Crippen molar-refractivity contribution in [1.82, 2.24) is 4.90 Å². The molecule has 0 radical (unpaired) electrons. The fraction of sp³-hybridized carbons (Fsp3) is 0.667. The SMILES string of the molecule is C=C(C)C(=C)N1CC(CC)(CC)C1. The van der Waals surface area contributed by atoms with E-state index in [1.54, 1.807) is 0 Å². The minimum Gasteiger partial charge on any atom is -0.371 e. The Morgan fingerprint density at radius 2 is 1.69 bits per heavy atom. The second-order valence-electron chi connectivity index (χ2n) is 4.29. The lowest BCUT2D eigenvalue weighted by Gasteiger charge is -2.52. The van der Waals surface area contributed by atoms with Gasteiger partial charge in [0.25, 0.3) is 0 Å². The zero-order chi connectivity index (χ0) is 10.1. The number of hydrogen-bond donors (Lipinski definition) is 0. The van der Waals surface area contributed by atoms with E-state index in [4.69, 9.17) is 0 Å². The molecule has 0 aromatic rings.